The molecule has 0 spiro atoms. The molecule has 142 valence electrons. The van der Waals surface area contributed by atoms with Gasteiger partial charge in [-0.05, 0) is 37.3 Å². The van der Waals surface area contributed by atoms with Crippen molar-refractivity contribution in [2.75, 3.05) is 19.0 Å². The second kappa shape index (κ2) is 8.41. The highest BCUT2D eigenvalue weighted by Gasteiger charge is 2.18. The third-order valence-electron chi connectivity index (χ3n) is 4.18. The number of ether oxygens (including phenoxy) is 1. The number of aromatic nitrogens is 2. The Bertz CT molecular complexity index is 989. The van der Waals surface area contributed by atoms with Gasteiger partial charge in [0.1, 0.15) is 11.5 Å². The van der Waals surface area contributed by atoms with Gasteiger partial charge in [0.2, 0.25) is 11.7 Å². The lowest BCUT2D eigenvalue weighted by Crippen LogP contribution is -2.13. The molecule has 2 aromatic heterocycles. The van der Waals surface area contributed by atoms with Crippen LogP contribution in [0.15, 0.2) is 58.0 Å². The Balaban J connectivity index is 1.39. The standard InChI is InChI=1S/C21H19N3O3S/c1-14-20(24-21(27-14)15-5-3-2-4-6-15)19(25)12-26-17-8-7-16(23-10-17)9-18-11-22-13-28-18/h2-10,22H,11-13H2,1H3. The fraction of sp³-hybridized carbons (Fsp3) is 0.190. The molecule has 6 nitrogen and oxygen atoms in total. The number of rotatable bonds is 6. The summed E-state index contributed by atoms with van der Waals surface area (Å²) in [6.07, 6.45) is 3.67. The smallest absolute Gasteiger partial charge is 0.226 e. The Morgan fingerprint density at radius 3 is 2.86 bits per heavy atom. The van der Waals surface area contributed by atoms with Gasteiger partial charge in [-0.15, -0.1) is 11.8 Å². The number of oxazole rings is 1. The fourth-order valence-electron chi connectivity index (χ4n) is 2.77. The molecule has 1 aliphatic heterocycles. The van der Waals surface area contributed by atoms with E-state index >= 15 is 0 Å². The van der Waals surface area contributed by atoms with E-state index in [-0.39, 0.29) is 12.4 Å². The van der Waals surface area contributed by atoms with Crippen molar-refractivity contribution in [3.8, 4) is 17.2 Å². The van der Waals surface area contributed by atoms with E-state index < -0.39 is 0 Å². The van der Waals surface area contributed by atoms with Crippen molar-refractivity contribution in [1.29, 1.82) is 0 Å². The SMILES string of the molecule is Cc1oc(-c2ccccc2)nc1C(=O)COc1ccc(C=C2CNCS2)nc1. The van der Waals surface area contributed by atoms with Crippen LogP contribution in [0.3, 0.4) is 0 Å². The molecule has 0 radical (unpaired) electrons. The summed E-state index contributed by atoms with van der Waals surface area (Å²) in [5, 5.41) is 3.26. The van der Waals surface area contributed by atoms with Gasteiger partial charge in [-0.3, -0.25) is 9.78 Å². The Labute approximate surface area is 167 Å². The molecule has 1 fully saturated rings. The van der Waals surface area contributed by atoms with Gasteiger partial charge in [-0.25, -0.2) is 4.98 Å². The average molecular weight is 393 g/mol. The number of nitrogens with one attached hydrogen (secondary N) is 1. The van der Waals surface area contributed by atoms with Gasteiger partial charge in [0.25, 0.3) is 0 Å². The summed E-state index contributed by atoms with van der Waals surface area (Å²) in [7, 11) is 0. The van der Waals surface area contributed by atoms with Crippen molar-refractivity contribution in [3.63, 3.8) is 0 Å². The lowest BCUT2D eigenvalue weighted by atomic mass is 10.2. The second-order valence-corrected chi connectivity index (χ2v) is 7.35. The maximum absolute atomic E-state index is 12.5. The molecule has 1 aliphatic rings. The number of benzene rings is 1. The number of aryl methyl sites for hydroxylation is 1. The molecule has 0 aliphatic carbocycles. The first-order valence-electron chi connectivity index (χ1n) is 8.88. The number of nitrogens with zero attached hydrogens (tertiary/aromatic N) is 2. The topological polar surface area (TPSA) is 77.2 Å². The summed E-state index contributed by atoms with van der Waals surface area (Å²) in [6.45, 7) is 2.48. The van der Waals surface area contributed by atoms with E-state index in [9.17, 15) is 4.79 Å². The molecule has 28 heavy (non-hydrogen) atoms. The van der Waals surface area contributed by atoms with Crippen LogP contribution in [0.5, 0.6) is 5.75 Å². The summed E-state index contributed by atoms with van der Waals surface area (Å²) in [5.74, 6) is 2.15. The number of carbonyl (C=O) groups is 1. The molecule has 1 saturated heterocycles. The first-order chi connectivity index (χ1) is 13.7. The molecule has 0 atom stereocenters. The maximum atomic E-state index is 12.5. The molecule has 3 aromatic rings. The summed E-state index contributed by atoms with van der Waals surface area (Å²) < 4.78 is 11.2. The van der Waals surface area contributed by atoms with Gasteiger partial charge < -0.3 is 14.5 Å². The molecule has 0 unspecified atom stereocenters. The first kappa shape index (κ1) is 18.5. The summed E-state index contributed by atoms with van der Waals surface area (Å²) in [5.41, 5.74) is 1.98. The van der Waals surface area contributed by atoms with Gasteiger partial charge >= 0.3 is 0 Å². The minimum Gasteiger partial charge on any atom is -0.484 e. The van der Waals surface area contributed by atoms with Crippen LogP contribution in [0.1, 0.15) is 21.9 Å². The molecule has 1 aromatic carbocycles. The highest BCUT2D eigenvalue weighted by molar-refractivity contribution is 8.03. The monoisotopic (exact) mass is 393 g/mol. The average Bonchev–Trinajstić information content (AvgIpc) is 3.37. The van der Waals surface area contributed by atoms with Gasteiger partial charge in [0.15, 0.2) is 12.3 Å². The highest BCUT2D eigenvalue weighted by Crippen LogP contribution is 2.23. The zero-order valence-corrected chi connectivity index (χ0v) is 16.2. The Kier molecular flexibility index (Phi) is 5.55. The van der Waals surface area contributed by atoms with E-state index in [0.29, 0.717) is 23.1 Å². The zero-order valence-electron chi connectivity index (χ0n) is 15.3. The van der Waals surface area contributed by atoms with Crippen molar-refractivity contribution < 1.29 is 13.9 Å². The molecule has 0 bridgehead atoms. The predicted octanol–water partition coefficient (Wildman–Crippen LogP) is 3.94. The summed E-state index contributed by atoms with van der Waals surface area (Å²) in [6, 6.07) is 13.2. The number of carbonyl (C=O) groups excluding carboxylic acids is 1. The number of ketones is 1. The summed E-state index contributed by atoms with van der Waals surface area (Å²) >= 11 is 1.77. The zero-order chi connectivity index (χ0) is 19.3. The molecule has 1 N–H and O–H groups in total. The highest BCUT2D eigenvalue weighted by atomic mass is 32.2. The van der Waals surface area contributed by atoms with Gasteiger partial charge in [0, 0.05) is 22.9 Å². The van der Waals surface area contributed by atoms with Crippen molar-refractivity contribution in [2.24, 2.45) is 0 Å². The van der Waals surface area contributed by atoms with Gasteiger partial charge in [0.05, 0.1) is 11.9 Å². The van der Waals surface area contributed by atoms with Crippen LogP contribution in [0, 0.1) is 6.92 Å². The van der Waals surface area contributed by atoms with E-state index in [1.165, 1.54) is 4.91 Å². The molecule has 0 saturated carbocycles. The third-order valence-corrected chi connectivity index (χ3v) is 5.16. The van der Waals surface area contributed by atoms with Crippen LogP contribution in [0.4, 0.5) is 0 Å². The van der Waals surface area contributed by atoms with E-state index in [1.54, 1.807) is 24.9 Å². The Hall–Kier alpha value is -2.90. The number of hydrogen-bond acceptors (Lipinski definition) is 7. The first-order valence-corrected chi connectivity index (χ1v) is 9.86. The molecular weight excluding hydrogens is 374 g/mol. The largest absolute Gasteiger partial charge is 0.484 e. The van der Waals surface area contributed by atoms with Gasteiger partial charge in [-0.2, -0.15) is 0 Å². The summed E-state index contributed by atoms with van der Waals surface area (Å²) in [4.78, 5) is 22.5. The van der Waals surface area contributed by atoms with Crippen molar-refractivity contribution in [1.82, 2.24) is 15.3 Å². The van der Waals surface area contributed by atoms with Crippen LogP contribution in [0.25, 0.3) is 17.5 Å². The molecule has 7 heteroatoms. The van der Waals surface area contributed by atoms with Crippen LogP contribution in [0.2, 0.25) is 0 Å². The molecule has 3 heterocycles. The Morgan fingerprint density at radius 2 is 2.14 bits per heavy atom. The third kappa shape index (κ3) is 4.32. The normalized spacial score (nSPS) is 15.1. The van der Waals surface area contributed by atoms with Crippen LogP contribution in [-0.2, 0) is 0 Å². The van der Waals surface area contributed by atoms with E-state index in [1.807, 2.05) is 48.5 Å². The quantitative estimate of drug-likeness (QED) is 0.636. The maximum Gasteiger partial charge on any atom is 0.226 e. The minimum absolute atomic E-state index is 0.122. The number of thioether (sulfide) groups is 1. The second-order valence-electron chi connectivity index (χ2n) is 6.25. The number of Topliss-reactive ketones (excluding diaryl/α,β-unsaturated/α-hetero) is 1. The van der Waals surface area contributed by atoms with Gasteiger partial charge in [-0.1, -0.05) is 18.2 Å². The van der Waals surface area contributed by atoms with Crippen molar-refractivity contribution in [2.45, 2.75) is 6.92 Å². The van der Waals surface area contributed by atoms with Crippen LogP contribution in [-0.4, -0.2) is 34.8 Å². The predicted molar refractivity (Wildman–Crippen MR) is 109 cm³/mol. The lowest BCUT2D eigenvalue weighted by molar-refractivity contribution is 0.0915. The van der Waals surface area contributed by atoms with Crippen LogP contribution >= 0.6 is 11.8 Å². The minimum atomic E-state index is -0.233. The van der Waals surface area contributed by atoms with Crippen molar-refractivity contribution in [3.05, 3.63) is 70.7 Å². The van der Waals surface area contributed by atoms with Crippen LogP contribution < -0.4 is 10.1 Å². The molecule has 0 amide bonds. The van der Waals surface area contributed by atoms with E-state index in [4.69, 9.17) is 9.15 Å². The number of pyridine rings is 1. The molecular formula is C21H19N3O3S. The van der Waals surface area contributed by atoms with E-state index in [0.717, 1.165) is 23.7 Å². The number of hydrogen-bond donors (Lipinski definition) is 1. The molecule has 4 rings (SSSR count). The van der Waals surface area contributed by atoms with E-state index in [2.05, 4.69) is 15.3 Å². The fourth-order valence-corrected chi connectivity index (χ4v) is 3.56. The Morgan fingerprint density at radius 1 is 1.29 bits per heavy atom. The lowest BCUT2D eigenvalue weighted by Gasteiger charge is -2.04. The van der Waals surface area contributed by atoms with Crippen molar-refractivity contribution >= 4 is 23.6 Å².